The second-order valence-electron chi connectivity index (χ2n) is 6.53. The maximum absolute atomic E-state index is 11.8. The molecule has 4 nitrogen and oxygen atoms in total. The molecule has 2 unspecified atom stereocenters. The van der Waals surface area contributed by atoms with E-state index in [-0.39, 0.29) is 18.0 Å². The Morgan fingerprint density at radius 3 is 2.31 bits per heavy atom. The fourth-order valence-electron chi connectivity index (χ4n) is 2.68. The van der Waals surface area contributed by atoms with Crippen molar-refractivity contribution in [1.82, 2.24) is 0 Å². The van der Waals surface area contributed by atoms with Crippen molar-refractivity contribution in [3.05, 3.63) is 65.7 Å². The lowest BCUT2D eigenvalue weighted by atomic mass is 10.1. The van der Waals surface area contributed by atoms with Gasteiger partial charge < -0.3 is 15.2 Å². The number of hydrogen-bond acceptors (Lipinski definition) is 4. The molecule has 2 N–H and O–H groups in total. The van der Waals surface area contributed by atoms with Crippen molar-refractivity contribution in [2.24, 2.45) is 11.7 Å². The van der Waals surface area contributed by atoms with Crippen molar-refractivity contribution in [2.45, 2.75) is 39.2 Å². The SMILES string of the molecule is CCC(CN)C(=O)OCCC(C)Oc1ccc(Cc2ccccc2)cc1. The number of rotatable bonds is 10. The van der Waals surface area contributed by atoms with Gasteiger partial charge in [-0.15, -0.1) is 0 Å². The van der Waals surface area contributed by atoms with Crippen LogP contribution in [0.2, 0.25) is 0 Å². The molecule has 0 bridgehead atoms. The first kappa shape index (κ1) is 20.0. The van der Waals surface area contributed by atoms with Crippen LogP contribution in [-0.2, 0) is 16.0 Å². The zero-order valence-corrected chi connectivity index (χ0v) is 15.7. The average Bonchev–Trinajstić information content (AvgIpc) is 2.65. The highest BCUT2D eigenvalue weighted by Crippen LogP contribution is 2.17. The van der Waals surface area contributed by atoms with E-state index in [1.807, 2.05) is 32.0 Å². The van der Waals surface area contributed by atoms with Crippen LogP contribution in [0.15, 0.2) is 54.6 Å². The predicted molar refractivity (Wildman–Crippen MR) is 104 cm³/mol. The van der Waals surface area contributed by atoms with E-state index in [1.165, 1.54) is 11.1 Å². The largest absolute Gasteiger partial charge is 0.491 e. The van der Waals surface area contributed by atoms with Crippen molar-refractivity contribution < 1.29 is 14.3 Å². The molecule has 0 saturated carbocycles. The molecule has 4 heteroatoms. The molecule has 0 aromatic heterocycles. The summed E-state index contributed by atoms with van der Waals surface area (Å²) >= 11 is 0. The van der Waals surface area contributed by atoms with Crippen LogP contribution in [0.5, 0.6) is 5.75 Å². The van der Waals surface area contributed by atoms with Gasteiger partial charge >= 0.3 is 5.97 Å². The summed E-state index contributed by atoms with van der Waals surface area (Å²) in [5.41, 5.74) is 8.09. The first-order valence-electron chi connectivity index (χ1n) is 9.28. The van der Waals surface area contributed by atoms with Gasteiger partial charge in [0.2, 0.25) is 0 Å². The zero-order valence-electron chi connectivity index (χ0n) is 15.7. The van der Waals surface area contributed by atoms with Gasteiger partial charge in [-0.1, -0.05) is 49.4 Å². The van der Waals surface area contributed by atoms with Gasteiger partial charge in [0.1, 0.15) is 5.75 Å². The molecular weight excluding hydrogens is 326 g/mol. The molecule has 0 spiro atoms. The average molecular weight is 355 g/mol. The van der Waals surface area contributed by atoms with Crippen LogP contribution >= 0.6 is 0 Å². The molecule has 2 rings (SSSR count). The van der Waals surface area contributed by atoms with Gasteiger partial charge in [0.15, 0.2) is 0 Å². The van der Waals surface area contributed by atoms with E-state index in [9.17, 15) is 4.79 Å². The van der Waals surface area contributed by atoms with Crippen molar-refractivity contribution in [3.63, 3.8) is 0 Å². The minimum atomic E-state index is -0.215. The molecule has 140 valence electrons. The van der Waals surface area contributed by atoms with Gasteiger partial charge in [-0.05, 0) is 43.0 Å². The molecule has 2 aromatic rings. The minimum Gasteiger partial charge on any atom is -0.491 e. The number of esters is 1. The maximum atomic E-state index is 11.8. The third kappa shape index (κ3) is 6.52. The highest BCUT2D eigenvalue weighted by atomic mass is 16.5. The molecule has 26 heavy (non-hydrogen) atoms. The van der Waals surface area contributed by atoms with Gasteiger partial charge in [-0.3, -0.25) is 4.79 Å². The number of benzene rings is 2. The van der Waals surface area contributed by atoms with Crippen LogP contribution < -0.4 is 10.5 Å². The summed E-state index contributed by atoms with van der Waals surface area (Å²) in [6.07, 6.45) is 2.24. The Balaban J connectivity index is 1.75. The van der Waals surface area contributed by atoms with Crippen LogP contribution in [-0.4, -0.2) is 25.2 Å². The molecule has 0 fully saturated rings. The van der Waals surface area contributed by atoms with Gasteiger partial charge in [-0.25, -0.2) is 0 Å². The quantitative estimate of drug-likeness (QED) is 0.655. The molecule has 0 aliphatic carbocycles. The smallest absolute Gasteiger partial charge is 0.310 e. The molecule has 0 aliphatic rings. The van der Waals surface area contributed by atoms with E-state index in [0.717, 1.165) is 12.2 Å². The summed E-state index contributed by atoms with van der Waals surface area (Å²) in [5.74, 6) is 0.407. The van der Waals surface area contributed by atoms with Crippen LogP contribution in [0.3, 0.4) is 0 Å². The monoisotopic (exact) mass is 355 g/mol. The lowest BCUT2D eigenvalue weighted by molar-refractivity contribution is -0.148. The van der Waals surface area contributed by atoms with Crippen molar-refractivity contribution in [3.8, 4) is 5.75 Å². The van der Waals surface area contributed by atoms with Gasteiger partial charge in [0.05, 0.1) is 18.6 Å². The lowest BCUT2D eigenvalue weighted by Gasteiger charge is -2.16. The van der Waals surface area contributed by atoms with E-state index in [2.05, 4.69) is 36.4 Å². The fourth-order valence-corrected chi connectivity index (χ4v) is 2.68. The Hall–Kier alpha value is -2.33. The van der Waals surface area contributed by atoms with Crippen molar-refractivity contribution in [1.29, 1.82) is 0 Å². The number of ether oxygens (including phenoxy) is 2. The molecular formula is C22H29NO3. The highest BCUT2D eigenvalue weighted by Gasteiger charge is 2.16. The summed E-state index contributed by atoms with van der Waals surface area (Å²) in [6.45, 7) is 4.59. The van der Waals surface area contributed by atoms with Gasteiger partial charge in [-0.2, -0.15) is 0 Å². The minimum absolute atomic E-state index is 0.0271. The Morgan fingerprint density at radius 2 is 1.69 bits per heavy atom. The number of carbonyl (C=O) groups is 1. The van der Waals surface area contributed by atoms with Crippen molar-refractivity contribution in [2.75, 3.05) is 13.2 Å². The van der Waals surface area contributed by atoms with Crippen LogP contribution in [0.1, 0.15) is 37.8 Å². The predicted octanol–water partition coefficient (Wildman–Crippen LogP) is 3.96. The third-order valence-electron chi connectivity index (χ3n) is 4.39. The standard InChI is InChI=1S/C22H29NO3/c1-3-20(16-23)22(24)25-14-13-17(2)26-21-11-9-19(10-12-21)15-18-7-5-4-6-8-18/h4-12,17,20H,3,13-16,23H2,1-2H3. The second-order valence-corrected chi connectivity index (χ2v) is 6.53. The molecule has 0 radical (unpaired) electrons. The van der Waals surface area contributed by atoms with Gasteiger partial charge in [0, 0.05) is 13.0 Å². The highest BCUT2D eigenvalue weighted by molar-refractivity contribution is 5.72. The topological polar surface area (TPSA) is 61.6 Å². The molecule has 2 atom stereocenters. The normalized spacial score (nSPS) is 13.0. The van der Waals surface area contributed by atoms with E-state index < -0.39 is 0 Å². The van der Waals surface area contributed by atoms with E-state index in [1.54, 1.807) is 0 Å². The Labute approximate surface area is 156 Å². The fraction of sp³-hybridized carbons (Fsp3) is 0.409. The Kier molecular flexibility index (Phi) is 8.16. The maximum Gasteiger partial charge on any atom is 0.310 e. The number of hydrogen-bond donors (Lipinski definition) is 1. The third-order valence-corrected chi connectivity index (χ3v) is 4.39. The van der Waals surface area contributed by atoms with Crippen LogP contribution in [0.25, 0.3) is 0 Å². The van der Waals surface area contributed by atoms with Crippen molar-refractivity contribution >= 4 is 5.97 Å². The van der Waals surface area contributed by atoms with E-state index in [0.29, 0.717) is 26.0 Å². The molecule has 0 amide bonds. The lowest BCUT2D eigenvalue weighted by Crippen LogP contribution is -2.26. The zero-order chi connectivity index (χ0) is 18.8. The van der Waals surface area contributed by atoms with Gasteiger partial charge in [0.25, 0.3) is 0 Å². The first-order chi connectivity index (χ1) is 12.6. The van der Waals surface area contributed by atoms with E-state index >= 15 is 0 Å². The molecule has 0 heterocycles. The summed E-state index contributed by atoms with van der Waals surface area (Å²) in [6, 6.07) is 18.5. The summed E-state index contributed by atoms with van der Waals surface area (Å²) in [4.78, 5) is 11.8. The molecule has 2 aromatic carbocycles. The molecule has 0 saturated heterocycles. The summed E-state index contributed by atoms with van der Waals surface area (Å²) in [5, 5.41) is 0. The summed E-state index contributed by atoms with van der Waals surface area (Å²) in [7, 11) is 0. The number of nitrogens with two attached hydrogens (primary N) is 1. The Bertz CT molecular complexity index is 651. The summed E-state index contributed by atoms with van der Waals surface area (Å²) < 4.78 is 11.2. The van der Waals surface area contributed by atoms with Crippen LogP contribution in [0.4, 0.5) is 0 Å². The van der Waals surface area contributed by atoms with Crippen LogP contribution in [0, 0.1) is 5.92 Å². The molecule has 0 aliphatic heterocycles. The number of carbonyl (C=O) groups excluding carboxylic acids is 1. The van der Waals surface area contributed by atoms with E-state index in [4.69, 9.17) is 15.2 Å². The first-order valence-corrected chi connectivity index (χ1v) is 9.28. The Morgan fingerprint density at radius 1 is 1.04 bits per heavy atom. The second kappa shape index (κ2) is 10.6.